The van der Waals surface area contributed by atoms with Crippen LogP contribution in [0.5, 0.6) is 0 Å². The molecule has 1 N–H and O–H groups in total. The van der Waals surface area contributed by atoms with E-state index in [4.69, 9.17) is 4.74 Å². The summed E-state index contributed by atoms with van der Waals surface area (Å²) in [7, 11) is 1.61. The van der Waals surface area contributed by atoms with Gasteiger partial charge in [0.05, 0.1) is 24.1 Å². The first-order chi connectivity index (χ1) is 11.6. The van der Waals surface area contributed by atoms with Crippen molar-refractivity contribution in [3.8, 4) is 0 Å². The third kappa shape index (κ3) is 5.06. The average Bonchev–Trinajstić information content (AvgIpc) is 2.60. The molecule has 2 rings (SSSR count). The maximum absolute atomic E-state index is 12.2. The predicted molar refractivity (Wildman–Crippen MR) is 96.2 cm³/mol. The zero-order chi connectivity index (χ0) is 17.4. The second-order valence-corrected chi connectivity index (χ2v) is 5.89. The molecular weight excluding hydrogens is 302 g/mol. The first-order valence-electron chi connectivity index (χ1n) is 8.14. The van der Waals surface area contributed by atoms with E-state index in [0.717, 1.165) is 12.2 Å². The number of carbonyl (C=O) groups excluding carboxylic acids is 1. The van der Waals surface area contributed by atoms with Gasteiger partial charge in [0.25, 0.3) is 5.91 Å². The fraction of sp³-hybridized carbons (Fsp3) is 0.368. The van der Waals surface area contributed by atoms with Gasteiger partial charge >= 0.3 is 0 Å². The maximum atomic E-state index is 12.2. The van der Waals surface area contributed by atoms with Crippen LogP contribution in [0.2, 0.25) is 0 Å². The van der Waals surface area contributed by atoms with E-state index in [-0.39, 0.29) is 5.91 Å². The Morgan fingerprint density at radius 3 is 2.67 bits per heavy atom. The quantitative estimate of drug-likeness (QED) is 0.758. The summed E-state index contributed by atoms with van der Waals surface area (Å²) in [6.45, 7) is 6.01. The number of ether oxygens (including phenoxy) is 1. The van der Waals surface area contributed by atoms with Gasteiger partial charge in [-0.2, -0.15) is 0 Å². The van der Waals surface area contributed by atoms with Gasteiger partial charge in [-0.05, 0) is 25.5 Å². The summed E-state index contributed by atoms with van der Waals surface area (Å²) in [5.41, 5.74) is 2.72. The lowest BCUT2D eigenvalue weighted by atomic mass is 10.1. The van der Waals surface area contributed by atoms with E-state index in [1.165, 1.54) is 5.56 Å². The lowest BCUT2D eigenvalue weighted by Gasteiger charge is -2.29. The molecule has 0 spiro atoms. The van der Waals surface area contributed by atoms with Crippen LogP contribution in [0, 0.1) is 0 Å². The topological polar surface area (TPSA) is 54.5 Å². The molecule has 2 aromatic rings. The van der Waals surface area contributed by atoms with Crippen molar-refractivity contribution in [1.29, 1.82) is 0 Å². The summed E-state index contributed by atoms with van der Waals surface area (Å²) in [5, 5.41) is 2.82. The molecule has 1 aromatic carbocycles. The number of carbonyl (C=O) groups is 1. The molecular formula is C19H25N3O2. The minimum Gasteiger partial charge on any atom is -0.383 e. The van der Waals surface area contributed by atoms with Crippen molar-refractivity contribution < 1.29 is 9.53 Å². The van der Waals surface area contributed by atoms with Gasteiger partial charge in [0.15, 0.2) is 0 Å². The van der Waals surface area contributed by atoms with Gasteiger partial charge < -0.3 is 15.0 Å². The molecule has 128 valence electrons. The van der Waals surface area contributed by atoms with E-state index in [1.54, 1.807) is 19.5 Å². The highest BCUT2D eigenvalue weighted by Crippen LogP contribution is 2.20. The largest absolute Gasteiger partial charge is 0.383 e. The van der Waals surface area contributed by atoms with Gasteiger partial charge in [0, 0.05) is 32.4 Å². The molecule has 0 saturated carbocycles. The lowest BCUT2D eigenvalue weighted by molar-refractivity contribution is 0.0936. The van der Waals surface area contributed by atoms with Crippen molar-refractivity contribution in [3.05, 3.63) is 59.9 Å². The van der Waals surface area contributed by atoms with Gasteiger partial charge in [-0.1, -0.05) is 30.3 Å². The molecule has 0 aliphatic rings. The van der Waals surface area contributed by atoms with Crippen LogP contribution in [0.4, 0.5) is 5.69 Å². The van der Waals surface area contributed by atoms with Gasteiger partial charge in [-0.15, -0.1) is 0 Å². The van der Waals surface area contributed by atoms with Crippen LogP contribution in [0.25, 0.3) is 0 Å². The van der Waals surface area contributed by atoms with Crippen LogP contribution in [0.15, 0.2) is 48.8 Å². The Morgan fingerprint density at radius 2 is 2.00 bits per heavy atom. The van der Waals surface area contributed by atoms with Crippen LogP contribution < -0.4 is 10.2 Å². The molecule has 5 nitrogen and oxygen atoms in total. The fourth-order valence-electron chi connectivity index (χ4n) is 2.43. The summed E-state index contributed by atoms with van der Waals surface area (Å²) in [5.74, 6) is -0.134. The SMILES string of the molecule is COCCNC(=O)c1cncc(N(Cc2ccccc2)C(C)C)c1. The Labute approximate surface area is 143 Å². The number of hydrogen-bond acceptors (Lipinski definition) is 4. The summed E-state index contributed by atoms with van der Waals surface area (Å²) < 4.78 is 4.95. The number of benzene rings is 1. The number of amides is 1. The first-order valence-corrected chi connectivity index (χ1v) is 8.14. The zero-order valence-electron chi connectivity index (χ0n) is 14.5. The van der Waals surface area contributed by atoms with E-state index >= 15 is 0 Å². The molecule has 0 aliphatic heterocycles. The van der Waals surface area contributed by atoms with E-state index in [2.05, 4.69) is 41.2 Å². The molecule has 5 heteroatoms. The van der Waals surface area contributed by atoms with E-state index in [9.17, 15) is 4.79 Å². The number of rotatable bonds is 8. The molecule has 0 saturated heterocycles. The van der Waals surface area contributed by atoms with Crippen LogP contribution in [-0.4, -0.2) is 37.2 Å². The summed E-state index contributed by atoms with van der Waals surface area (Å²) >= 11 is 0. The van der Waals surface area contributed by atoms with Crippen molar-refractivity contribution in [2.75, 3.05) is 25.2 Å². The number of nitrogens with zero attached hydrogens (tertiary/aromatic N) is 2. The maximum Gasteiger partial charge on any atom is 0.253 e. The second kappa shape index (κ2) is 9.03. The Kier molecular flexibility index (Phi) is 6.75. The number of methoxy groups -OCH3 is 1. The van der Waals surface area contributed by atoms with Crippen LogP contribution in [0.3, 0.4) is 0 Å². The van der Waals surface area contributed by atoms with Crippen LogP contribution in [0.1, 0.15) is 29.8 Å². The number of hydrogen-bond donors (Lipinski definition) is 1. The van der Waals surface area contributed by atoms with E-state index in [1.807, 2.05) is 24.3 Å². The van der Waals surface area contributed by atoms with Crippen molar-refractivity contribution >= 4 is 11.6 Å². The van der Waals surface area contributed by atoms with Crippen LogP contribution in [-0.2, 0) is 11.3 Å². The molecule has 0 radical (unpaired) electrons. The summed E-state index contributed by atoms with van der Waals surface area (Å²) in [6.07, 6.45) is 3.39. The smallest absolute Gasteiger partial charge is 0.253 e. The highest BCUT2D eigenvalue weighted by atomic mass is 16.5. The normalized spacial score (nSPS) is 10.7. The Bertz CT molecular complexity index is 644. The van der Waals surface area contributed by atoms with Gasteiger partial charge in [-0.25, -0.2) is 0 Å². The van der Waals surface area contributed by atoms with E-state index < -0.39 is 0 Å². The molecule has 1 amide bonds. The second-order valence-electron chi connectivity index (χ2n) is 5.89. The first kappa shape index (κ1) is 17.9. The molecule has 0 atom stereocenters. The third-order valence-electron chi connectivity index (χ3n) is 3.73. The van der Waals surface area contributed by atoms with Gasteiger partial charge in [0.2, 0.25) is 0 Å². The Hall–Kier alpha value is -2.40. The summed E-state index contributed by atoms with van der Waals surface area (Å²) in [4.78, 5) is 18.7. The fourth-order valence-corrected chi connectivity index (χ4v) is 2.43. The molecule has 0 fully saturated rings. The van der Waals surface area contributed by atoms with Crippen molar-refractivity contribution in [1.82, 2.24) is 10.3 Å². The Balaban J connectivity index is 2.15. The number of aromatic nitrogens is 1. The zero-order valence-corrected chi connectivity index (χ0v) is 14.5. The number of pyridine rings is 1. The molecule has 0 unspecified atom stereocenters. The van der Waals surface area contributed by atoms with Crippen molar-refractivity contribution in [3.63, 3.8) is 0 Å². The standard InChI is InChI=1S/C19H25N3O2/c1-15(2)22(14-16-7-5-4-6-8-16)18-11-17(12-20-13-18)19(23)21-9-10-24-3/h4-8,11-13,15H,9-10,14H2,1-3H3,(H,21,23). The number of nitrogens with one attached hydrogen (secondary N) is 1. The molecule has 1 aromatic heterocycles. The lowest BCUT2D eigenvalue weighted by Crippen LogP contribution is -2.31. The van der Waals surface area contributed by atoms with Crippen LogP contribution >= 0.6 is 0 Å². The summed E-state index contributed by atoms with van der Waals surface area (Å²) in [6, 6.07) is 12.5. The monoisotopic (exact) mass is 327 g/mol. The number of anilines is 1. The van der Waals surface area contributed by atoms with Crippen molar-refractivity contribution in [2.24, 2.45) is 0 Å². The minimum absolute atomic E-state index is 0.134. The Morgan fingerprint density at radius 1 is 1.25 bits per heavy atom. The highest BCUT2D eigenvalue weighted by molar-refractivity contribution is 5.94. The third-order valence-corrected chi connectivity index (χ3v) is 3.73. The predicted octanol–water partition coefficient (Wildman–Crippen LogP) is 2.87. The van der Waals surface area contributed by atoms with Gasteiger partial charge in [-0.3, -0.25) is 9.78 Å². The molecule has 0 bridgehead atoms. The highest BCUT2D eigenvalue weighted by Gasteiger charge is 2.14. The molecule has 1 heterocycles. The van der Waals surface area contributed by atoms with E-state index in [0.29, 0.717) is 24.8 Å². The average molecular weight is 327 g/mol. The van der Waals surface area contributed by atoms with Crippen molar-refractivity contribution in [2.45, 2.75) is 26.4 Å². The molecule has 0 aliphatic carbocycles. The minimum atomic E-state index is -0.134. The molecule has 24 heavy (non-hydrogen) atoms. The van der Waals surface area contributed by atoms with Gasteiger partial charge in [0.1, 0.15) is 0 Å².